The lowest BCUT2D eigenvalue weighted by Crippen LogP contribution is -2.39. The number of ketones is 1. The molecule has 0 radical (unpaired) electrons. The summed E-state index contributed by atoms with van der Waals surface area (Å²) in [6.07, 6.45) is 1.29. The van der Waals surface area contributed by atoms with E-state index < -0.39 is 23.8 Å². The second-order valence-corrected chi connectivity index (χ2v) is 7.07. The highest BCUT2D eigenvalue weighted by Gasteiger charge is 2.36. The van der Waals surface area contributed by atoms with E-state index in [0.29, 0.717) is 12.8 Å². The van der Waals surface area contributed by atoms with E-state index in [-0.39, 0.29) is 24.2 Å². The van der Waals surface area contributed by atoms with E-state index in [1.165, 1.54) is 0 Å². The minimum Gasteiger partial charge on any atom is -0.463 e. The fraction of sp³-hybridized carbons (Fsp3) is 0.526. The van der Waals surface area contributed by atoms with Crippen molar-refractivity contribution in [2.75, 3.05) is 13.7 Å². The van der Waals surface area contributed by atoms with Gasteiger partial charge in [0.15, 0.2) is 0 Å². The van der Waals surface area contributed by atoms with Gasteiger partial charge in [-0.05, 0) is 44.7 Å². The van der Waals surface area contributed by atoms with Gasteiger partial charge in [-0.15, -0.1) is 0 Å². The smallest absolute Gasteiger partial charge is 0.355 e. The lowest BCUT2D eigenvalue weighted by Gasteiger charge is -2.27. The summed E-state index contributed by atoms with van der Waals surface area (Å²) in [5.74, 6) is -2.31. The van der Waals surface area contributed by atoms with Crippen molar-refractivity contribution >= 4 is 33.7 Å². The maximum absolute atomic E-state index is 12.7. The first kappa shape index (κ1) is 20.6. The molecule has 0 N–H and O–H groups in total. The fourth-order valence-corrected chi connectivity index (χ4v) is 3.20. The average Bonchev–Trinajstić information content (AvgIpc) is 2.66. The molecule has 0 aliphatic heterocycles. The van der Waals surface area contributed by atoms with Gasteiger partial charge in [0, 0.05) is 17.1 Å². The maximum atomic E-state index is 12.7. The third kappa shape index (κ3) is 5.38. The predicted molar refractivity (Wildman–Crippen MR) is 97.7 cm³/mol. The molecule has 1 aliphatic carbocycles. The van der Waals surface area contributed by atoms with Gasteiger partial charge in [0.1, 0.15) is 0 Å². The molecule has 0 amide bonds. The van der Waals surface area contributed by atoms with Crippen LogP contribution >= 0.6 is 15.9 Å². The zero-order chi connectivity index (χ0) is 19.1. The Bertz CT molecular complexity index is 634. The molecule has 6 nitrogen and oxygen atoms in total. The second-order valence-electron chi connectivity index (χ2n) is 6.15. The van der Waals surface area contributed by atoms with Crippen molar-refractivity contribution in [2.45, 2.75) is 44.8 Å². The van der Waals surface area contributed by atoms with Crippen LogP contribution < -0.4 is 0 Å². The van der Waals surface area contributed by atoms with E-state index in [2.05, 4.69) is 15.9 Å². The van der Waals surface area contributed by atoms with Crippen LogP contribution in [0.5, 0.6) is 0 Å². The zero-order valence-corrected chi connectivity index (χ0v) is 16.5. The minimum atomic E-state index is -1.58. The summed E-state index contributed by atoms with van der Waals surface area (Å²) >= 11 is 3.29. The van der Waals surface area contributed by atoms with Crippen molar-refractivity contribution < 1.29 is 28.6 Å². The quantitative estimate of drug-likeness (QED) is 0.378. The number of benzene rings is 1. The third-order valence-electron chi connectivity index (χ3n) is 4.44. The van der Waals surface area contributed by atoms with Gasteiger partial charge >= 0.3 is 11.9 Å². The molecule has 0 heterocycles. The van der Waals surface area contributed by atoms with Crippen molar-refractivity contribution in [3.05, 3.63) is 34.3 Å². The van der Waals surface area contributed by atoms with Crippen LogP contribution in [-0.4, -0.2) is 43.6 Å². The van der Waals surface area contributed by atoms with Crippen LogP contribution in [0.15, 0.2) is 28.7 Å². The molecule has 1 aliphatic rings. The molecule has 0 saturated heterocycles. The predicted octanol–water partition coefficient (Wildman–Crippen LogP) is 3.31. The molecule has 1 atom stereocenters. The Morgan fingerprint density at radius 2 is 1.73 bits per heavy atom. The van der Waals surface area contributed by atoms with Crippen molar-refractivity contribution in [1.29, 1.82) is 0 Å². The maximum Gasteiger partial charge on any atom is 0.355 e. The van der Waals surface area contributed by atoms with Crippen LogP contribution in [0.4, 0.5) is 0 Å². The molecule has 26 heavy (non-hydrogen) atoms. The highest BCUT2D eigenvalue weighted by Crippen LogP contribution is 2.27. The number of methoxy groups -OCH3 is 1. The lowest BCUT2D eigenvalue weighted by atomic mass is 9.87. The molecule has 1 aromatic rings. The Morgan fingerprint density at radius 3 is 2.27 bits per heavy atom. The number of rotatable bonds is 7. The molecule has 142 valence electrons. The van der Waals surface area contributed by atoms with E-state index in [0.717, 1.165) is 17.3 Å². The first-order valence-electron chi connectivity index (χ1n) is 8.66. The Labute approximate surface area is 161 Å². The summed E-state index contributed by atoms with van der Waals surface area (Å²) in [4.78, 5) is 37.3. The first-order valence-corrected chi connectivity index (χ1v) is 9.45. The van der Waals surface area contributed by atoms with Gasteiger partial charge in [-0.1, -0.05) is 28.1 Å². The van der Waals surface area contributed by atoms with Crippen molar-refractivity contribution in [3.63, 3.8) is 0 Å². The summed E-state index contributed by atoms with van der Waals surface area (Å²) in [7, 11) is 1.65. The molecule has 1 aromatic carbocycles. The Hall–Kier alpha value is -1.73. The highest BCUT2D eigenvalue weighted by atomic mass is 79.9. The van der Waals surface area contributed by atoms with Gasteiger partial charge in [0.25, 0.3) is 6.10 Å². The van der Waals surface area contributed by atoms with Crippen LogP contribution in [0, 0.1) is 5.92 Å². The highest BCUT2D eigenvalue weighted by molar-refractivity contribution is 9.10. The number of hydrogen-bond acceptors (Lipinski definition) is 6. The molecule has 1 unspecified atom stereocenters. The molecule has 2 rings (SSSR count). The molecule has 0 bridgehead atoms. The van der Waals surface area contributed by atoms with Gasteiger partial charge < -0.3 is 14.2 Å². The number of ether oxygens (including phenoxy) is 3. The summed E-state index contributed by atoms with van der Waals surface area (Å²) < 4.78 is 16.3. The van der Waals surface area contributed by atoms with Crippen molar-refractivity contribution in [2.24, 2.45) is 5.92 Å². The normalized spacial score (nSPS) is 20.9. The van der Waals surface area contributed by atoms with Crippen LogP contribution in [0.25, 0.3) is 0 Å². The van der Waals surface area contributed by atoms with E-state index >= 15 is 0 Å². The number of Topliss-reactive ketones (excluding diaryl/α,β-unsaturated/α-hetero) is 1. The summed E-state index contributed by atoms with van der Waals surface area (Å²) in [5, 5.41) is 0. The molecular weight excluding hydrogens is 404 g/mol. The number of esters is 2. The lowest BCUT2D eigenvalue weighted by molar-refractivity contribution is -0.167. The van der Waals surface area contributed by atoms with Crippen molar-refractivity contribution in [3.8, 4) is 0 Å². The summed E-state index contributed by atoms with van der Waals surface area (Å²) in [5.41, 5.74) is 0.280. The van der Waals surface area contributed by atoms with Gasteiger partial charge in [0.05, 0.1) is 18.6 Å². The number of halogens is 1. The van der Waals surface area contributed by atoms with Crippen LogP contribution in [0.1, 0.15) is 43.0 Å². The first-order chi connectivity index (χ1) is 12.5. The molecule has 7 heteroatoms. The summed E-state index contributed by atoms with van der Waals surface area (Å²) in [6.45, 7) is 1.73. The average molecular weight is 427 g/mol. The SMILES string of the molecule is CCOC(=O)C(OC(=O)C1CCC(OC)CC1)C(=O)c1ccc(Br)cc1. The van der Waals surface area contributed by atoms with E-state index in [1.807, 2.05) is 0 Å². The second kappa shape index (κ2) is 9.83. The van der Waals surface area contributed by atoms with Crippen LogP contribution in [-0.2, 0) is 23.8 Å². The number of hydrogen-bond donors (Lipinski definition) is 0. The van der Waals surface area contributed by atoms with Gasteiger partial charge in [-0.3, -0.25) is 9.59 Å². The Kier molecular flexibility index (Phi) is 7.78. The van der Waals surface area contributed by atoms with E-state index in [1.54, 1.807) is 38.3 Å². The standard InChI is InChI=1S/C19H23BrO6/c1-3-25-19(23)17(16(21)12-4-8-14(20)9-5-12)26-18(22)13-6-10-15(24-2)11-7-13/h4-5,8-9,13,15,17H,3,6-7,10-11H2,1-2H3. The molecule has 0 spiro atoms. The molecule has 1 fully saturated rings. The zero-order valence-electron chi connectivity index (χ0n) is 14.9. The minimum absolute atomic E-state index is 0.0967. The van der Waals surface area contributed by atoms with Gasteiger partial charge in [0.2, 0.25) is 5.78 Å². The summed E-state index contributed by atoms with van der Waals surface area (Å²) in [6, 6.07) is 6.50. The fourth-order valence-electron chi connectivity index (χ4n) is 2.94. The topological polar surface area (TPSA) is 78.9 Å². The molecule has 0 aromatic heterocycles. The van der Waals surface area contributed by atoms with Gasteiger partial charge in [-0.2, -0.15) is 0 Å². The van der Waals surface area contributed by atoms with Crippen LogP contribution in [0.3, 0.4) is 0 Å². The monoisotopic (exact) mass is 426 g/mol. The Morgan fingerprint density at radius 1 is 1.12 bits per heavy atom. The largest absolute Gasteiger partial charge is 0.463 e. The van der Waals surface area contributed by atoms with Gasteiger partial charge in [-0.25, -0.2) is 4.79 Å². The Balaban J connectivity index is 2.09. The van der Waals surface area contributed by atoms with Crippen molar-refractivity contribution in [1.82, 2.24) is 0 Å². The van der Waals surface area contributed by atoms with E-state index in [9.17, 15) is 14.4 Å². The number of carbonyl (C=O) groups is 3. The molecular formula is C19H23BrO6. The third-order valence-corrected chi connectivity index (χ3v) is 4.97. The number of carbonyl (C=O) groups excluding carboxylic acids is 3. The van der Waals surface area contributed by atoms with E-state index in [4.69, 9.17) is 14.2 Å². The molecule has 1 saturated carbocycles. The van der Waals surface area contributed by atoms with Crippen LogP contribution in [0.2, 0.25) is 0 Å².